The molecule has 1 aliphatic rings. The molecule has 6 heteroatoms. The normalized spacial score (nSPS) is 15.7. The van der Waals surface area contributed by atoms with Gasteiger partial charge < -0.3 is 14.8 Å². The van der Waals surface area contributed by atoms with Crippen molar-refractivity contribution in [2.75, 3.05) is 13.7 Å². The van der Waals surface area contributed by atoms with Gasteiger partial charge in [0.1, 0.15) is 11.4 Å². The number of ether oxygens (including phenoxy) is 2. The number of nitrogens with one attached hydrogen (secondary N) is 1. The van der Waals surface area contributed by atoms with Crippen molar-refractivity contribution in [2.24, 2.45) is 7.05 Å². The molecule has 2 heterocycles. The molecule has 28 heavy (non-hydrogen) atoms. The molecule has 1 unspecified atom stereocenters. The highest BCUT2D eigenvalue weighted by Crippen LogP contribution is 2.29. The van der Waals surface area contributed by atoms with Crippen molar-refractivity contribution in [1.29, 1.82) is 0 Å². The maximum absolute atomic E-state index is 12.7. The van der Waals surface area contributed by atoms with Gasteiger partial charge in [0, 0.05) is 25.6 Å². The number of hydrogen-bond acceptors (Lipinski definition) is 4. The van der Waals surface area contributed by atoms with Crippen molar-refractivity contribution >= 4 is 5.91 Å². The lowest BCUT2D eigenvalue weighted by molar-refractivity contribution is 0.0284. The van der Waals surface area contributed by atoms with Crippen LogP contribution in [0.1, 0.15) is 21.6 Å². The lowest BCUT2D eigenvalue weighted by atomic mass is 9.99. The molecule has 4 rings (SSSR count). The van der Waals surface area contributed by atoms with Gasteiger partial charge in [-0.3, -0.25) is 9.48 Å². The summed E-state index contributed by atoms with van der Waals surface area (Å²) in [5, 5.41) is 7.46. The molecule has 0 saturated carbocycles. The summed E-state index contributed by atoms with van der Waals surface area (Å²) in [7, 11) is 3.39. The second-order valence-corrected chi connectivity index (χ2v) is 6.85. The van der Waals surface area contributed by atoms with Crippen LogP contribution >= 0.6 is 0 Å². The smallest absolute Gasteiger partial charge is 0.269 e. The highest BCUT2D eigenvalue weighted by molar-refractivity contribution is 5.93. The van der Waals surface area contributed by atoms with Crippen molar-refractivity contribution < 1.29 is 14.3 Å². The molecule has 6 nitrogen and oxygen atoms in total. The van der Waals surface area contributed by atoms with Crippen LogP contribution in [0.25, 0.3) is 11.3 Å². The van der Waals surface area contributed by atoms with E-state index in [0.29, 0.717) is 24.5 Å². The molecule has 1 N–H and O–H groups in total. The average molecular weight is 377 g/mol. The van der Waals surface area contributed by atoms with E-state index < -0.39 is 0 Å². The number of fused-ring (bicyclic) bond motifs is 1. The van der Waals surface area contributed by atoms with E-state index in [0.717, 1.165) is 17.7 Å². The first-order valence-corrected chi connectivity index (χ1v) is 9.29. The molecule has 0 radical (unpaired) electrons. The zero-order valence-electron chi connectivity index (χ0n) is 16.0. The number of methoxy groups -OCH3 is 1. The molecule has 2 aromatic carbocycles. The van der Waals surface area contributed by atoms with Gasteiger partial charge in [-0.2, -0.15) is 5.10 Å². The number of amides is 1. The van der Waals surface area contributed by atoms with E-state index in [1.807, 2.05) is 36.4 Å². The molecule has 0 aliphatic carbocycles. The third-order valence-corrected chi connectivity index (χ3v) is 5.03. The molecule has 3 aromatic rings. The SMILES string of the molecule is COc1ccccc1-c1cc(C(=O)NCC2Cc3ccccc3CO2)n(C)n1. The van der Waals surface area contributed by atoms with E-state index >= 15 is 0 Å². The average Bonchev–Trinajstić information content (AvgIpc) is 3.13. The van der Waals surface area contributed by atoms with Crippen LogP contribution in [0.5, 0.6) is 5.75 Å². The van der Waals surface area contributed by atoms with Crippen molar-refractivity contribution in [3.63, 3.8) is 0 Å². The summed E-state index contributed by atoms with van der Waals surface area (Å²) in [6, 6.07) is 17.7. The quantitative estimate of drug-likeness (QED) is 0.742. The number of aryl methyl sites for hydroxylation is 1. The van der Waals surface area contributed by atoms with Crippen LogP contribution in [0.4, 0.5) is 0 Å². The lowest BCUT2D eigenvalue weighted by Crippen LogP contribution is -2.37. The number of benzene rings is 2. The minimum absolute atomic E-state index is 0.0271. The number of carbonyl (C=O) groups is 1. The molecule has 0 spiro atoms. The lowest BCUT2D eigenvalue weighted by Gasteiger charge is -2.25. The molecule has 0 saturated heterocycles. The monoisotopic (exact) mass is 377 g/mol. The second kappa shape index (κ2) is 7.86. The van der Waals surface area contributed by atoms with Crippen LogP contribution in [0.2, 0.25) is 0 Å². The van der Waals surface area contributed by atoms with E-state index in [9.17, 15) is 4.79 Å². The number of carbonyl (C=O) groups excluding carboxylic acids is 1. The molecular formula is C22H23N3O3. The summed E-state index contributed by atoms with van der Waals surface area (Å²) in [5.41, 5.74) is 4.56. The van der Waals surface area contributed by atoms with Gasteiger partial charge in [0.05, 0.1) is 25.5 Å². The number of hydrogen-bond donors (Lipinski definition) is 1. The predicted octanol–water partition coefficient (Wildman–Crippen LogP) is 2.97. The van der Waals surface area contributed by atoms with Gasteiger partial charge in [0.25, 0.3) is 5.91 Å². The molecule has 1 aliphatic heterocycles. The summed E-state index contributed by atoms with van der Waals surface area (Å²) in [6.07, 6.45) is 0.773. The summed E-state index contributed by atoms with van der Waals surface area (Å²) in [5.74, 6) is 0.556. The van der Waals surface area contributed by atoms with Gasteiger partial charge in [-0.1, -0.05) is 36.4 Å². The largest absolute Gasteiger partial charge is 0.496 e. The Morgan fingerprint density at radius 1 is 1.21 bits per heavy atom. The van der Waals surface area contributed by atoms with Crippen LogP contribution in [0.15, 0.2) is 54.6 Å². The molecule has 1 amide bonds. The Bertz CT molecular complexity index is 996. The summed E-state index contributed by atoms with van der Waals surface area (Å²) in [6.45, 7) is 1.04. The van der Waals surface area contributed by atoms with Crippen LogP contribution in [0, 0.1) is 0 Å². The highest BCUT2D eigenvalue weighted by Gasteiger charge is 2.21. The molecule has 144 valence electrons. The van der Waals surface area contributed by atoms with E-state index in [1.165, 1.54) is 11.1 Å². The van der Waals surface area contributed by atoms with Crippen molar-refractivity contribution in [3.05, 3.63) is 71.4 Å². The predicted molar refractivity (Wildman–Crippen MR) is 106 cm³/mol. The standard InChI is InChI=1S/C22H23N3O3/c1-25-20(12-19(24-25)18-9-5-6-10-21(18)27-2)22(26)23-13-17-11-15-7-3-4-8-16(15)14-28-17/h3-10,12,17H,11,13-14H2,1-2H3,(H,23,26). The van der Waals surface area contributed by atoms with Crippen molar-refractivity contribution in [3.8, 4) is 17.0 Å². The first-order valence-electron chi connectivity index (χ1n) is 9.29. The summed E-state index contributed by atoms with van der Waals surface area (Å²) >= 11 is 0. The van der Waals surface area contributed by atoms with Crippen LogP contribution in [-0.4, -0.2) is 35.4 Å². The molecule has 1 aromatic heterocycles. The third kappa shape index (κ3) is 3.64. The Morgan fingerprint density at radius 3 is 2.79 bits per heavy atom. The Morgan fingerprint density at radius 2 is 1.96 bits per heavy atom. The van der Waals surface area contributed by atoms with Gasteiger partial charge in [-0.05, 0) is 29.3 Å². The van der Waals surface area contributed by atoms with Gasteiger partial charge in [-0.15, -0.1) is 0 Å². The summed E-state index contributed by atoms with van der Waals surface area (Å²) in [4.78, 5) is 12.7. The minimum atomic E-state index is -0.168. The number of nitrogens with zero attached hydrogens (tertiary/aromatic N) is 2. The Hall–Kier alpha value is -3.12. The van der Waals surface area contributed by atoms with Crippen molar-refractivity contribution in [1.82, 2.24) is 15.1 Å². The fraction of sp³-hybridized carbons (Fsp3) is 0.273. The second-order valence-electron chi connectivity index (χ2n) is 6.85. The van der Waals surface area contributed by atoms with Gasteiger partial charge in [-0.25, -0.2) is 0 Å². The van der Waals surface area contributed by atoms with E-state index in [4.69, 9.17) is 9.47 Å². The Balaban J connectivity index is 1.44. The fourth-order valence-corrected chi connectivity index (χ4v) is 3.51. The highest BCUT2D eigenvalue weighted by atomic mass is 16.5. The van der Waals surface area contributed by atoms with E-state index in [1.54, 1.807) is 24.9 Å². The molecule has 1 atom stereocenters. The van der Waals surface area contributed by atoms with Gasteiger partial charge in [0.15, 0.2) is 0 Å². The van der Waals surface area contributed by atoms with E-state index in [2.05, 4.69) is 22.5 Å². The van der Waals surface area contributed by atoms with Gasteiger partial charge in [0.2, 0.25) is 0 Å². The maximum atomic E-state index is 12.7. The summed E-state index contributed by atoms with van der Waals surface area (Å²) < 4.78 is 12.9. The van der Waals surface area contributed by atoms with Gasteiger partial charge >= 0.3 is 0 Å². The molecular weight excluding hydrogens is 354 g/mol. The Labute approximate surface area is 164 Å². The number of rotatable bonds is 5. The van der Waals surface area contributed by atoms with Crippen LogP contribution < -0.4 is 10.1 Å². The topological polar surface area (TPSA) is 65.4 Å². The number of aromatic nitrogens is 2. The zero-order valence-corrected chi connectivity index (χ0v) is 16.0. The van der Waals surface area contributed by atoms with E-state index in [-0.39, 0.29) is 12.0 Å². The minimum Gasteiger partial charge on any atom is -0.496 e. The first kappa shape index (κ1) is 18.3. The number of para-hydroxylation sites is 1. The fourth-order valence-electron chi connectivity index (χ4n) is 3.51. The third-order valence-electron chi connectivity index (χ3n) is 5.03. The first-order chi connectivity index (χ1) is 13.7. The van der Waals surface area contributed by atoms with Crippen molar-refractivity contribution in [2.45, 2.75) is 19.1 Å². The maximum Gasteiger partial charge on any atom is 0.269 e. The Kier molecular flexibility index (Phi) is 5.12. The van der Waals surface area contributed by atoms with Crippen LogP contribution in [-0.2, 0) is 24.8 Å². The van der Waals surface area contributed by atoms with Crippen LogP contribution in [0.3, 0.4) is 0 Å². The zero-order chi connectivity index (χ0) is 19.5. The molecule has 0 bridgehead atoms. The molecule has 0 fully saturated rings.